The van der Waals surface area contributed by atoms with Gasteiger partial charge in [-0.15, -0.1) is 0 Å². The number of hydrogen-bond donors (Lipinski definition) is 2. The normalized spacial score (nSPS) is 13.4. The fraction of sp³-hybridized carbons (Fsp3) is 0.316. The van der Waals surface area contributed by atoms with Crippen molar-refractivity contribution in [3.05, 3.63) is 63.7 Å². The number of benzene rings is 2. The van der Waals surface area contributed by atoms with E-state index in [0.29, 0.717) is 12.1 Å². The summed E-state index contributed by atoms with van der Waals surface area (Å²) in [6.07, 6.45) is -4.39. The molecule has 29 heavy (non-hydrogen) atoms. The van der Waals surface area contributed by atoms with Crippen LogP contribution in [-0.2, 0) is 17.5 Å². The second kappa shape index (κ2) is 8.91. The third kappa shape index (κ3) is 5.67. The number of methoxy groups -OCH3 is 1. The SMILES string of the molecule is COc1cc([N+](=O)[O-])ccc1NC(=O)[C@@H](C)[NH+](C)Cc1ccc(C(F)(F)F)cc1. The van der Waals surface area contributed by atoms with Gasteiger partial charge in [0, 0.05) is 11.6 Å². The number of amides is 1. The Morgan fingerprint density at radius 3 is 2.38 bits per heavy atom. The number of nitrogens with zero attached hydrogens (tertiary/aromatic N) is 1. The molecule has 156 valence electrons. The molecule has 2 aromatic carbocycles. The van der Waals surface area contributed by atoms with Crippen molar-refractivity contribution in [2.75, 3.05) is 19.5 Å². The van der Waals surface area contributed by atoms with E-state index in [1.807, 2.05) is 0 Å². The summed E-state index contributed by atoms with van der Waals surface area (Å²) in [6.45, 7) is 2.01. The van der Waals surface area contributed by atoms with Crippen LogP contribution in [-0.4, -0.2) is 31.0 Å². The van der Waals surface area contributed by atoms with Gasteiger partial charge in [-0.25, -0.2) is 0 Å². The molecule has 0 heterocycles. The van der Waals surface area contributed by atoms with E-state index in [2.05, 4.69) is 5.32 Å². The maximum atomic E-state index is 12.6. The Hall–Kier alpha value is -3.14. The molecular weight excluding hydrogens is 391 g/mol. The lowest BCUT2D eigenvalue weighted by molar-refractivity contribution is -0.907. The maximum Gasteiger partial charge on any atom is 0.416 e. The van der Waals surface area contributed by atoms with E-state index in [1.54, 1.807) is 14.0 Å². The zero-order valence-corrected chi connectivity index (χ0v) is 16.0. The van der Waals surface area contributed by atoms with E-state index in [9.17, 15) is 28.1 Å². The molecule has 0 aliphatic rings. The summed E-state index contributed by atoms with van der Waals surface area (Å²) < 4.78 is 43.0. The summed E-state index contributed by atoms with van der Waals surface area (Å²) in [5.74, 6) is -0.207. The minimum absolute atomic E-state index is 0.153. The largest absolute Gasteiger partial charge is 0.494 e. The average molecular weight is 412 g/mol. The molecule has 2 atom stereocenters. The predicted molar refractivity (Wildman–Crippen MR) is 99.8 cm³/mol. The predicted octanol–water partition coefficient (Wildman–Crippen LogP) is 2.66. The first-order valence-corrected chi connectivity index (χ1v) is 8.64. The smallest absolute Gasteiger partial charge is 0.416 e. The summed E-state index contributed by atoms with van der Waals surface area (Å²) in [6, 6.07) is 8.08. The molecule has 0 saturated carbocycles. The van der Waals surface area contributed by atoms with Crippen LogP contribution in [0.25, 0.3) is 0 Å². The van der Waals surface area contributed by atoms with Crippen LogP contribution in [0.15, 0.2) is 42.5 Å². The zero-order chi connectivity index (χ0) is 21.8. The minimum atomic E-state index is -4.39. The number of likely N-dealkylation sites (N-methyl/N-ethyl adjacent to an activating group) is 1. The molecule has 1 unspecified atom stereocenters. The topological polar surface area (TPSA) is 85.9 Å². The van der Waals surface area contributed by atoms with Gasteiger partial charge in [0.2, 0.25) is 0 Å². The number of carbonyl (C=O) groups is 1. The van der Waals surface area contributed by atoms with Crippen molar-refractivity contribution < 1.29 is 32.5 Å². The lowest BCUT2D eigenvalue weighted by Crippen LogP contribution is -3.12. The molecule has 0 aliphatic heterocycles. The first kappa shape index (κ1) is 22.2. The van der Waals surface area contributed by atoms with Gasteiger partial charge in [0.05, 0.1) is 36.4 Å². The first-order chi connectivity index (χ1) is 13.5. The maximum absolute atomic E-state index is 12.6. The highest BCUT2D eigenvalue weighted by atomic mass is 19.4. The minimum Gasteiger partial charge on any atom is -0.494 e. The Morgan fingerprint density at radius 2 is 1.86 bits per heavy atom. The Bertz CT molecular complexity index is 885. The molecule has 1 amide bonds. The average Bonchev–Trinajstić information content (AvgIpc) is 2.67. The number of non-ortho nitro benzene ring substituents is 1. The lowest BCUT2D eigenvalue weighted by Gasteiger charge is -2.22. The van der Waals surface area contributed by atoms with Gasteiger partial charge in [-0.05, 0) is 25.1 Å². The quantitative estimate of drug-likeness (QED) is 0.541. The number of carbonyl (C=O) groups excluding carboxylic acids is 1. The molecule has 0 radical (unpaired) electrons. The molecule has 0 spiro atoms. The van der Waals surface area contributed by atoms with Gasteiger partial charge in [-0.2, -0.15) is 13.2 Å². The number of ether oxygens (including phenoxy) is 1. The number of rotatable bonds is 7. The molecule has 0 aliphatic carbocycles. The highest BCUT2D eigenvalue weighted by molar-refractivity contribution is 5.95. The second-order valence-corrected chi connectivity index (χ2v) is 6.57. The molecule has 10 heteroatoms. The molecule has 2 aromatic rings. The van der Waals surface area contributed by atoms with E-state index >= 15 is 0 Å². The number of quaternary nitrogens is 1. The van der Waals surface area contributed by atoms with Gasteiger partial charge in [0.25, 0.3) is 11.6 Å². The summed E-state index contributed by atoms with van der Waals surface area (Å²) in [5, 5.41) is 13.5. The standard InChI is InChI=1S/C19H20F3N3O4/c1-12(24(2)11-13-4-6-14(7-5-13)19(20,21)22)18(26)23-16-9-8-15(25(27)28)10-17(16)29-3/h4-10,12H,11H2,1-3H3,(H,23,26)/p+1/t12-/m1/s1. The van der Waals surface area contributed by atoms with Crippen LogP contribution in [0.5, 0.6) is 5.75 Å². The van der Waals surface area contributed by atoms with Crippen LogP contribution in [0.1, 0.15) is 18.1 Å². The van der Waals surface area contributed by atoms with Gasteiger partial charge in [-0.3, -0.25) is 14.9 Å². The molecule has 0 bridgehead atoms. The Kier molecular flexibility index (Phi) is 6.80. The van der Waals surface area contributed by atoms with Crippen LogP contribution in [0.4, 0.5) is 24.5 Å². The fourth-order valence-corrected chi connectivity index (χ4v) is 2.65. The number of anilines is 1. The summed E-state index contributed by atoms with van der Waals surface area (Å²) in [7, 11) is 3.08. The van der Waals surface area contributed by atoms with Crippen molar-refractivity contribution in [2.24, 2.45) is 0 Å². The van der Waals surface area contributed by atoms with Gasteiger partial charge in [-0.1, -0.05) is 12.1 Å². The molecule has 0 saturated heterocycles. The van der Waals surface area contributed by atoms with Crippen molar-refractivity contribution in [3.8, 4) is 5.75 Å². The number of nitro benzene ring substituents is 1. The molecule has 2 N–H and O–H groups in total. The fourth-order valence-electron chi connectivity index (χ4n) is 2.65. The van der Waals surface area contributed by atoms with Crippen LogP contribution in [0.3, 0.4) is 0 Å². The van der Waals surface area contributed by atoms with Crippen LogP contribution >= 0.6 is 0 Å². The Morgan fingerprint density at radius 1 is 1.24 bits per heavy atom. The van der Waals surface area contributed by atoms with E-state index in [4.69, 9.17) is 4.74 Å². The van der Waals surface area contributed by atoms with Gasteiger partial charge < -0.3 is 15.0 Å². The number of alkyl halides is 3. The highest BCUT2D eigenvalue weighted by Crippen LogP contribution is 2.30. The van der Waals surface area contributed by atoms with Crippen molar-refractivity contribution in [1.29, 1.82) is 0 Å². The monoisotopic (exact) mass is 412 g/mol. The van der Waals surface area contributed by atoms with Crippen molar-refractivity contribution in [1.82, 2.24) is 0 Å². The number of nitro groups is 1. The van der Waals surface area contributed by atoms with Crippen LogP contribution < -0.4 is 15.0 Å². The van der Waals surface area contributed by atoms with Gasteiger partial charge >= 0.3 is 6.18 Å². The highest BCUT2D eigenvalue weighted by Gasteiger charge is 2.30. The third-order valence-electron chi connectivity index (χ3n) is 4.55. The van der Waals surface area contributed by atoms with Crippen molar-refractivity contribution in [2.45, 2.75) is 25.7 Å². The molecule has 7 nitrogen and oxygen atoms in total. The second-order valence-electron chi connectivity index (χ2n) is 6.57. The number of hydrogen-bond acceptors (Lipinski definition) is 4. The van der Waals surface area contributed by atoms with Crippen LogP contribution in [0, 0.1) is 10.1 Å². The zero-order valence-electron chi connectivity index (χ0n) is 16.0. The van der Waals surface area contributed by atoms with E-state index in [0.717, 1.165) is 17.0 Å². The molecule has 2 rings (SSSR count). The summed E-state index contributed by atoms with van der Waals surface area (Å²) >= 11 is 0. The number of nitrogens with one attached hydrogen (secondary N) is 2. The first-order valence-electron chi connectivity index (χ1n) is 8.64. The van der Waals surface area contributed by atoms with Crippen molar-refractivity contribution >= 4 is 17.3 Å². The Balaban J connectivity index is 2.05. The Labute approximate surface area is 165 Å². The molecule has 0 aromatic heterocycles. The van der Waals surface area contributed by atoms with Gasteiger partial charge in [0.1, 0.15) is 12.3 Å². The van der Waals surface area contributed by atoms with E-state index in [1.165, 1.54) is 37.4 Å². The summed E-state index contributed by atoms with van der Waals surface area (Å²) in [4.78, 5) is 23.6. The van der Waals surface area contributed by atoms with E-state index < -0.39 is 22.7 Å². The summed E-state index contributed by atoms with van der Waals surface area (Å²) in [5.41, 5.74) is 0.0493. The third-order valence-corrected chi connectivity index (χ3v) is 4.55. The number of halogens is 3. The van der Waals surface area contributed by atoms with Crippen LogP contribution in [0.2, 0.25) is 0 Å². The van der Waals surface area contributed by atoms with Crippen molar-refractivity contribution in [3.63, 3.8) is 0 Å². The van der Waals surface area contributed by atoms with E-state index in [-0.39, 0.29) is 23.0 Å². The lowest BCUT2D eigenvalue weighted by atomic mass is 10.1. The molecular formula is C19H21F3N3O4+. The van der Waals surface area contributed by atoms with Gasteiger partial charge in [0.15, 0.2) is 6.04 Å². The molecule has 0 fully saturated rings.